The molecule has 0 aliphatic carbocycles. The van der Waals surface area contributed by atoms with Gasteiger partial charge >= 0.3 is 12.1 Å². The molecule has 0 aliphatic heterocycles. The fourth-order valence-electron chi connectivity index (χ4n) is 3.83. The lowest BCUT2D eigenvalue weighted by atomic mass is 10.0. The van der Waals surface area contributed by atoms with Crippen LogP contribution in [0.5, 0.6) is 5.75 Å². The van der Waals surface area contributed by atoms with E-state index in [1.807, 2.05) is 31.2 Å². The molecule has 3 aromatic rings. The van der Waals surface area contributed by atoms with Crippen LogP contribution in [0.15, 0.2) is 54.7 Å². The third-order valence-corrected chi connectivity index (χ3v) is 5.66. The van der Waals surface area contributed by atoms with Gasteiger partial charge in [0.15, 0.2) is 0 Å². The summed E-state index contributed by atoms with van der Waals surface area (Å²) >= 11 is 0. The summed E-state index contributed by atoms with van der Waals surface area (Å²) in [5.41, 5.74) is 0.811. The average Bonchev–Trinajstić information content (AvgIpc) is 3.25. The average molecular weight is 500 g/mol. The van der Waals surface area contributed by atoms with Crippen LogP contribution in [0.3, 0.4) is 0 Å². The topological polar surface area (TPSA) is 77.1 Å². The van der Waals surface area contributed by atoms with Gasteiger partial charge in [-0.1, -0.05) is 37.3 Å². The molecule has 0 amide bonds. The van der Waals surface area contributed by atoms with Crippen LogP contribution in [0, 0.1) is 17.2 Å². The zero-order chi connectivity index (χ0) is 26.1. The Kier molecular flexibility index (Phi) is 9.12. The second kappa shape index (κ2) is 12.2. The first-order chi connectivity index (χ1) is 17.2. The van der Waals surface area contributed by atoms with E-state index >= 15 is 0 Å². The molecule has 3 rings (SSSR count). The summed E-state index contributed by atoms with van der Waals surface area (Å²) in [7, 11) is 0. The third kappa shape index (κ3) is 7.11. The van der Waals surface area contributed by atoms with Crippen molar-refractivity contribution in [2.45, 2.75) is 45.8 Å². The number of imidazole rings is 1. The van der Waals surface area contributed by atoms with Crippen LogP contribution in [0.2, 0.25) is 0 Å². The van der Waals surface area contributed by atoms with Crippen LogP contribution >= 0.6 is 0 Å². The summed E-state index contributed by atoms with van der Waals surface area (Å²) in [5.74, 6) is 1.02. The summed E-state index contributed by atoms with van der Waals surface area (Å²) in [6, 6.07) is 14.2. The Hall–Kier alpha value is -3.80. The number of hydrogen-bond acceptors (Lipinski definition) is 5. The zero-order valence-electron chi connectivity index (χ0n) is 20.2. The lowest BCUT2D eigenvalue weighted by molar-refractivity contribution is -0.144. The van der Waals surface area contributed by atoms with Crippen LogP contribution in [0.1, 0.15) is 49.9 Å². The third-order valence-electron chi connectivity index (χ3n) is 5.66. The second-order valence-electron chi connectivity index (χ2n) is 8.45. The van der Waals surface area contributed by atoms with Gasteiger partial charge in [0, 0.05) is 17.5 Å². The number of alkyl halides is 3. The molecule has 1 aromatic heterocycles. The molecule has 2 aromatic carbocycles. The minimum absolute atomic E-state index is 0.179. The van der Waals surface area contributed by atoms with E-state index in [0.29, 0.717) is 36.8 Å². The summed E-state index contributed by atoms with van der Waals surface area (Å²) in [6.45, 7) is 4.86. The van der Waals surface area contributed by atoms with Gasteiger partial charge in [-0.05, 0) is 43.9 Å². The van der Waals surface area contributed by atoms with E-state index in [0.717, 1.165) is 30.5 Å². The first kappa shape index (κ1) is 26.8. The van der Waals surface area contributed by atoms with Crippen molar-refractivity contribution in [3.63, 3.8) is 0 Å². The quantitative estimate of drug-likeness (QED) is 0.231. The van der Waals surface area contributed by atoms with Crippen molar-refractivity contribution >= 4 is 5.97 Å². The van der Waals surface area contributed by atoms with E-state index in [4.69, 9.17) is 9.47 Å². The molecule has 1 atom stereocenters. The number of nitriles is 1. The molecule has 0 unspecified atom stereocenters. The Morgan fingerprint density at radius 2 is 1.89 bits per heavy atom. The van der Waals surface area contributed by atoms with E-state index in [2.05, 4.69) is 11.1 Å². The molecule has 0 saturated heterocycles. The maximum absolute atomic E-state index is 13.0. The molecule has 0 radical (unpaired) electrons. The lowest BCUT2D eigenvalue weighted by Gasteiger charge is -2.15. The molecule has 6 nitrogen and oxygen atoms in total. The molecule has 0 spiro atoms. The molecule has 1 heterocycles. The molecule has 0 fully saturated rings. The predicted octanol–water partition coefficient (Wildman–Crippen LogP) is 6.24. The summed E-state index contributed by atoms with van der Waals surface area (Å²) < 4.78 is 51.5. The second-order valence-corrected chi connectivity index (χ2v) is 8.45. The number of benzene rings is 2. The largest absolute Gasteiger partial charge is 0.493 e. The molecule has 9 heteroatoms. The van der Waals surface area contributed by atoms with Gasteiger partial charge in [-0.3, -0.25) is 4.79 Å². The number of ether oxygens (including phenoxy) is 2. The monoisotopic (exact) mass is 499 g/mol. The van der Waals surface area contributed by atoms with Gasteiger partial charge in [-0.2, -0.15) is 18.4 Å². The fourth-order valence-corrected chi connectivity index (χ4v) is 3.83. The summed E-state index contributed by atoms with van der Waals surface area (Å²) in [6.07, 6.45) is -1.10. The van der Waals surface area contributed by atoms with Crippen LogP contribution in [0.4, 0.5) is 13.2 Å². The van der Waals surface area contributed by atoms with Crippen molar-refractivity contribution in [1.29, 1.82) is 5.26 Å². The van der Waals surface area contributed by atoms with Crippen LogP contribution < -0.4 is 4.74 Å². The minimum Gasteiger partial charge on any atom is -0.493 e. The maximum Gasteiger partial charge on any atom is 0.416 e. The SMILES string of the molecule is CCOC(=O)C[C@H](C)CCCOc1ccccc1Cn1c(C#N)cnc1-c1ccc(C(F)(F)F)cc1. The van der Waals surface area contributed by atoms with E-state index in [-0.39, 0.29) is 24.1 Å². The highest BCUT2D eigenvalue weighted by atomic mass is 19.4. The van der Waals surface area contributed by atoms with Crippen molar-refractivity contribution in [2.24, 2.45) is 5.92 Å². The molecular formula is C27H28F3N3O3. The molecular weight excluding hydrogens is 471 g/mol. The summed E-state index contributed by atoms with van der Waals surface area (Å²) in [5, 5.41) is 9.57. The van der Waals surface area contributed by atoms with Crippen LogP contribution in [-0.4, -0.2) is 28.7 Å². The standard InChI is InChI=1S/C27H28F3N3O3/c1-3-35-25(34)15-19(2)7-6-14-36-24-9-5-4-8-21(24)18-33-23(16-31)17-32-26(33)20-10-12-22(13-11-20)27(28,29)30/h4-5,8-13,17,19H,3,6-7,14-15,18H2,1-2H3/t19-/m1/s1. The van der Waals surface area contributed by atoms with Crippen molar-refractivity contribution in [2.75, 3.05) is 13.2 Å². The first-order valence-electron chi connectivity index (χ1n) is 11.7. The normalized spacial score (nSPS) is 12.1. The number of nitrogens with zero attached hydrogens (tertiary/aromatic N) is 3. The minimum atomic E-state index is -4.43. The van der Waals surface area contributed by atoms with Gasteiger partial charge in [0.25, 0.3) is 0 Å². The molecule has 0 aliphatic rings. The lowest BCUT2D eigenvalue weighted by Crippen LogP contribution is -2.11. The van der Waals surface area contributed by atoms with Gasteiger partial charge in [0.05, 0.1) is 31.5 Å². The van der Waals surface area contributed by atoms with E-state index in [1.165, 1.54) is 18.3 Å². The van der Waals surface area contributed by atoms with E-state index < -0.39 is 11.7 Å². The van der Waals surface area contributed by atoms with Gasteiger partial charge in [0.1, 0.15) is 23.3 Å². The van der Waals surface area contributed by atoms with E-state index in [9.17, 15) is 23.2 Å². The van der Waals surface area contributed by atoms with Crippen molar-refractivity contribution < 1.29 is 27.4 Å². The highest BCUT2D eigenvalue weighted by Gasteiger charge is 2.30. The molecule has 36 heavy (non-hydrogen) atoms. The van der Waals surface area contributed by atoms with Gasteiger partial charge in [-0.15, -0.1) is 0 Å². The number of carbonyl (C=O) groups is 1. The number of hydrogen-bond donors (Lipinski definition) is 0. The van der Waals surface area contributed by atoms with Crippen molar-refractivity contribution in [3.05, 3.63) is 71.5 Å². The number of esters is 1. The predicted molar refractivity (Wildman–Crippen MR) is 128 cm³/mol. The number of carbonyl (C=O) groups excluding carboxylic acids is 1. The highest BCUT2D eigenvalue weighted by Crippen LogP contribution is 2.31. The first-order valence-corrected chi connectivity index (χ1v) is 11.7. The maximum atomic E-state index is 13.0. The Balaban J connectivity index is 1.71. The van der Waals surface area contributed by atoms with Crippen molar-refractivity contribution in [1.82, 2.24) is 9.55 Å². The Labute approximate surface area is 208 Å². The van der Waals surface area contributed by atoms with Crippen molar-refractivity contribution in [3.8, 4) is 23.2 Å². The number of rotatable bonds is 11. The van der Waals surface area contributed by atoms with Gasteiger partial charge < -0.3 is 14.0 Å². The molecule has 0 N–H and O–H groups in total. The highest BCUT2D eigenvalue weighted by molar-refractivity contribution is 5.69. The number of para-hydroxylation sites is 1. The van der Waals surface area contributed by atoms with Gasteiger partial charge in [0.2, 0.25) is 0 Å². The number of halogens is 3. The summed E-state index contributed by atoms with van der Waals surface area (Å²) in [4.78, 5) is 15.9. The molecule has 0 bridgehead atoms. The number of aromatic nitrogens is 2. The Bertz CT molecular complexity index is 1200. The smallest absolute Gasteiger partial charge is 0.416 e. The molecule has 190 valence electrons. The zero-order valence-corrected chi connectivity index (χ0v) is 20.2. The molecule has 0 saturated carbocycles. The van der Waals surface area contributed by atoms with Crippen LogP contribution in [0.25, 0.3) is 11.4 Å². The van der Waals surface area contributed by atoms with Gasteiger partial charge in [-0.25, -0.2) is 4.98 Å². The van der Waals surface area contributed by atoms with E-state index in [1.54, 1.807) is 11.5 Å². The van der Waals surface area contributed by atoms with Crippen LogP contribution in [-0.2, 0) is 22.3 Å². The Morgan fingerprint density at radius 1 is 1.17 bits per heavy atom. The Morgan fingerprint density at radius 3 is 2.56 bits per heavy atom. The fraction of sp³-hybridized carbons (Fsp3) is 0.370.